The molecule has 0 unspecified atom stereocenters. The number of nitrogens with zero attached hydrogens (tertiary/aromatic N) is 2. The van der Waals surface area contributed by atoms with Crippen LogP contribution >= 0.6 is 11.3 Å². The summed E-state index contributed by atoms with van der Waals surface area (Å²) in [5.41, 5.74) is 2.75. The van der Waals surface area contributed by atoms with Crippen molar-refractivity contribution in [1.82, 2.24) is 14.9 Å². The molecule has 0 bridgehead atoms. The van der Waals surface area contributed by atoms with Crippen LogP contribution in [0.5, 0.6) is 5.75 Å². The molecule has 166 valence electrons. The second kappa shape index (κ2) is 8.55. The first kappa shape index (κ1) is 21.0. The van der Waals surface area contributed by atoms with E-state index in [1.807, 2.05) is 30.5 Å². The Hall–Kier alpha value is -3.91. The molecule has 5 rings (SSSR count). The van der Waals surface area contributed by atoms with Crippen LogP contribution in [0.2, 0.25) is 0 Å². The Morgan fingerprint density at radius 2 is 2.15 bits per heavy atom. The maximum absolute atomic E-state index is 13.2. The van der Waals surface area contributed by atoms with E-state index < -0.39 is 17.7 Å². The maximum Gasteiger partial charge on any atom is 0.290 e. The average molecular weight is 460 g/mol. The summed E-state index contributed by atoms with van der Waals surface area (Å²) in [6, 6.07) is 12.1. The highest BCUT2D eigenvalue weighted by Crippen LogP contribution is 2.39. The van der Waals surface area contributed by atoms with Crippen LogP contribution in [0.15, 0.2) is 77.8 Å². The number of carbonyl (C=O) groups is 2. The summed E-state index contributed by atoms with van der Waals surface area (Å²) >= 11 is 1.28. The van der Waals surface area contributed by atoms with Crippen LogP contribution in [0.4, 0.5) is 0 Å². The summed E-state index contributed by atoms with van der Waals surface area (Å²) in [5.74, 6) is -0.648. The zero-order valence-electron chi connectivity index (χ0n) is 17.8. The van der Waals surface area contributed by atoms with Gasteiger partial charge in [-0.1, -0.05) is 12.1 Å². The highest BCUT2D eigenvalue weighted by atomic mass is 32.1. The lowest BCUT2D eigenvalue weighted by Crippen LogP contribution is -2.33. The second-order valence-corrected chi connectivity index (χ2v) is 8.68. The van der Waals surface area contributed by atoms with Gasteiger partial charge in [-0.25, -0.2) is 0 Å². The Morgan fingerprint density at radius 1 is 1.27 bits per heavy atom. The number of H-pyrrole nitrogens is 1. The van der Waals surface area contributed by atoms with E-state index in [1.54, 1.807) is 48.0 Å². The fourth-order valence-electron chi connectivity index (χ4n) is 4.27. The molecule has 2 N–H and O–H groups in total. The first-order chi connectivity index (χ1) is 16.1. The van der Waals surface area contributed by atoms with Gasteiger partial charge < -0.3 is 19.7 Å². The van der Waals surface area contributed by atoms with E-state index in [1.165, 1.54) is 11.3 Å². The lowest BCUT2D eigenvalue weighted by atomic mass is 9.96. The van der Waals surface area contributed by atoms with Crippen molar-refractivity contribution in [2.45, 2.75) is 12.5 Å². The average Bonchev–Trinajstić information content (AvgIpc) is 3.57. The first-order valence-corrected chi connectivity index (χ1v) is 11.3. The van der Waals surface area contributed by atoms with Crippen molar-refractivity contribution in [3.8, 4) is 5.75 Å². The zero-order chi connectivity index (χ0) is 22.9. The van der Waals surface area contributed by atoms with E-state index in [4.69, 9.17) is 4.74 Å². The van der Waals surface area contributed by atoms with Crippen LogP contribution in [-0.4, -0.2) is 45.3 Å². The van der Waals surface area contributed by atoms with Crippen molar-refractivity contribution in [1.29, 1.82) is 0 Å². The van der Waals surface area contributed by atoms with E-state index in [9.17, 15) is 14.7 Å². The number of ketones is 1. The highest BCUT2D eigenvalue weighted by molar-refractivity contribution is 7.12. The number of Topliss-reactive ketones (excluding diaryl/α,β-unsaturated/α-hetero) is 1. The molecule has 0 radical (unpaired) electrons. The molecular weight excluding hydrogens is 438 g/mol. The second-order valence-electron chi connectivity index (χ2n) is 7.73. The quantitative estimate of drug-likeness (QED) is 0.398. The molecule has 4 aromatic rings. The first-order valence-electron chi connectivity index (χ1n) is 10.4. The van der Waals surface area contributed by atoms with Gasteiger partial charge in [0.2, 0.25) is 5.78 Å². The monoisotopic (exact) mass is 459 g/mol. The predicted molar refractivity (Wildman–Crippen MR) is 126 cm³/mol. The molecule has 4 heterocycles. The molecule has 1 amide bonds. The smallest absolute Gasteiger partial charge is 0.290 e. The number of thiophene rings is 1. The van der Waals surface area contributed by atoms with E-state index in [-0.39, 0.29) is 11.4 Å². The third-order valence-corrected chi connectivity index (χ3v) is 6.76. The minimum atomic E-state index is -0.708. The summed E-state index contributed by atoms with van der Waals surface area (Å²) in [6.45, 7) is 0.313. The van der Waals surface area contributed by atoms with Crippen molar-refractivity contribution in [2.75, 3.05) is 13.7 Å². The van der Waals surface area contributed by atoms with Crippen LogP contribution in [0.1, 0.15) is 26.8 Å². The number of amides is 1. The lowest BCUT2D eigenvalue weighted by molar-refractivity contribution is -0.129. The van der Waals surface area contributed by atoms with Crippen LogP contribution in [0, 0.1) is 0 Å². The molecular formula is C25H21N3O4S. The lowest BCUT2D eigenvalue weighted by Gasteiger charge is -2.26. The number of aliphatic hydroxyl groups excluding tert-OH is 1. The third kappa shape index (κ3) is 3.68. The van der Waals surface area contributed by atoms with Crippen molar-refractivity contribution in [2.24, 2.45) is 0 Å². The summed E-state index contributed by atoms with van der Waals surface area (Å²) in [4.78, 5) is 35.8. The molecule has 0 aliphatic carbocycles. The Labute approximate surface area is 194 Å². The molecule has 1 aliphatic heterocycles. The molecule has 1 aliphatic rings. The Balaban J connectivity index is 1.49. The molecule has 8 heteroatoms. The normalized spacial score (nSPS) is 16.1. The van der Waals surface area contributed by atoms with Crippen molar-refractivity contribution in [3.05, 3.63) is 93.8 Å². The molecule has 7 nitrogen and oxygen atoms in total. The fraction of sp³-hybridized carbons (Fsp3) is 0.160. The van der Waals surface area contributed by atoms with E-state index >= 15 is 0 Å². The van der Waals surface area contributed by atoms with Gasteiger partial charge in [0.1, 0.15) is 5.75 Å². The topological polar surface area (TPSA) is 95.5 Å². The van der Waals surface area contributed by atoms with Gasteiger partial charge in [0, 0.05) is 36.0 Å². The molecule has 0 saturated carbocycles. The standard InChI is InChI=1S/C25H21N3O4S/c1-32-17-6-7-19-18(12-17)15(14-27-19)8-10-28-22(16-4-2-9-26-13-16)21(24(30)25(28)31)23(29)20-5-3-11-33-20/h2-7,9,11-14,22,27,30H,8,10H2,1H3/t22-/m0/s1. The molecule has 0 saturated heterocycles. The summed E-state index contributed by atoms with van der Waals surface area (Å²) in [6.07, 6.45) is 5.70. The minimum absolute atomic E-state index is 0.0936. The Kier molecular flexibility index (Phi) is 5.43. The van der Waals surface area contributed by atoms with Gasteiger partial charge in [0.15, 0.2) is 5.76 Å². The van der Waals surface area contributed by atoms with Gasteiger partial charge in [-0.3, -0.25) is 14.6 Å². The van der Waals surface area contributed by atoms with Gasteiger partial charge >= 0.3 is 0 Å². The van der Waals surface area contributed by atoms with E-state index in [0.717, 1.165) is 22.2 Å². The van der Waals surface area contributed by atoms with Gasteiger partial charge in [-0.05, 0) is 53.3 Å². The minimum Gasteiger partial charge on any atom is -0.503 e. The van der Waals surface area contributed by atoms with Gasteiger partial charge in [-0.2, -0.15) is 0 Å². The van der Waals surface area contributed by atoms with Gasteiger partial charge in [0.25, 0.3) is 5.91 Å². The van der Waals surface area contributed by atoms with E-state index in [2.05, 4.69) is 9.97 Å². The summed E-state index contributed by atoms with van der Waals surface area (Å²) < 4.78 is 5.34. The van der Waals surface area contributed by atoms with Crippen LogP contribution < -0.4 is 4.74 Å². The molecule has 33 heavy (non-hydrogen) atoms. The molecule has 1 atom stereocenters. The van der Waals surface area contributed by atoms with Gasteiger partial charge in [0.05, 0.1) is 23.6 Å². The highest BCUT2D eigenvalue weighted by Gasteiger charge is 2.43. The van der Waals surface area contributed by atoms with Crippen LogP contribution in [0.25, 0.3) is 10.9 Å². The number of aromatic amines is 1. The largest absolute Gasteiger partial charge is 0.503 e. The number of fused-ring (bicyclic) bond motifs is 1. The third-order valence-electron chi connectivity index (χ3n) is 5.89. The number of pyridine rings is 1. The predicted octanol–water partition coefficient (Wildman–Crippen LogP) is 4.45. The maximum atomic E-state index is 13.2. The van der Waals surface area contributed by atoms with Crippen molar-refractivity contribution >= 4 is 33.9 Å². The number of rotatable bonds is 7. The van der Waals surface area contributed by atoms with E-state index in [0.29, 0.717) is 23.4 Å². The number of ether oxygens (including phenoxy) is 1. The number of carbonyl (C=O) groups excluding carboxylic acids is 2. The summed E-state index contributed by atoms with van der Waals surface area (Å²) in [7, 11) is 1.62. The SMILES string of the molecule is COc1ccc2[nH]cc(CCN3C(=O)C(O)=C(C(=O)c4cccs4)[C@@H]3c3cccnc3)c2c1. The Bertz CT molecular complexity index is 1360. The number of nitrogens with one attached hydrogen (secondary N) is 1. The number of hydrogen-bond donors (Lipinski definition) is 2. The number of aliphatic hydroxyl groups is 1. The fourth-order valence-corrected chi connectivity index (χ4v) is 4.95. The van der Waals surface area contributed by atoms with Crippen molar-refractivity contribution in [3.63, 3.8) is 0 Å². The number of aromatic nitrogens is 2. The number of benzene rings is 1. The summed E-state index contributed by atoms with van der Waals surface area (Å²) in [5, 5.41) is 13.6. The van der Waals surface area contributed by atoms with Crippen molar-refractivity contribution < 1.29 is 19.4 Å². The zero-order valence-corrected chi connectivity index (χ0v) is 18.6. The molecule has 0 fully saturated rings. The molecule has 1 aromatic carbocycles. The van der Waals surface area contributed by atoms with Gasteiger partial charge in [-0.15, -0.1) is 11.3 Å². The number of methoxy groups -OCH3 is 1. The Morgan fingerprint density at radius 3 is 2.88 bits per heavy atom. The van der Waals surface area contributed by atoms with Crippen LogP contribution in [0.3, 0.4) is 0 Å². The molecule has 3 aromatic heterocycles. The van der Waals surface area contributed by atoms with Crippen LogP contribution in [-0.2, 0) is 11.2 Å². The number of hydrogen-bond acceptors (Lipinski definition) is 6. The molecule has 0 spiro atoms.